The second kappa shape index (κ2) is 10.5. The van der Waals surface area contributed by atoms with Crippen LogP contribution in [-0.2, 0) is 0 Å². The first-order valence-corrected chi connectivity index (χ1v) is 9.86. The van der Waals surface area contributed by atoms with E-state index in [1.807, 2.05) is 0 Å². The molecule has 34 heavy (non-hydrogen) atoms. The topological polar surface area (TPSA) is 23.1 Å². The molecule has 0 saturated heterocycles. The van der Waals surface area contributed by atoms with Crippen LogP contribution in [0.2, 0.25) is 0 Å². The first-order valence-electron chi connectivity index (χ1n) is 7.95. The van der Waals surface area contributed by atoms with Crippen molar-refractivity contribution in [3.8, 4) is 0 Å². The van der Waals surface area contributed by atoms with E-state index in [1.165, 1.54) is 0 Å². The average molecular weight is 595 g/mol. The van der Waals surface area contributed by atoms with Crippen LogP contribution in [0.1, 0.15) is 0 Å². The molecule has 0 unspecified atom stereocenters. The maximum atomic E-state index is 14.4. The Morgan fingerprint density at radius 1 is 0.412 bits per heavy atom. The summed E-state index contributed by atoms with van der Waals surface area (Å²) in [5.41, 5.74) is 0. The minimum Gasteiger partial charge on any atom is -1.00 e. The van der Waals surface area contributed by atoms with Crippen molar-refractivity contribution >= 4 is 46.9 Å². The third kappa shape index (κ3) is 4.45. The van der Waals surface area contributed by atoms with Crippen LogP contribution in [0.25, 0.3) is 0 Å². The van der Waals surface area contributed by atoms with Crippen molar-refractivity contribution < 1.29 is 74.5 Å². The number of hydrogen-bond acceptors (Lipinski definition) is 1. The second-order valence-electron chi connectivity index (χ2n) is 6.21. The smallest absolute Gasteiger partial charge is 1.00 e. The molecular formula is C18H3BrF12MgOSi. The van der Waals surface area contributed by atoms with E-state index in [4.69, 9.17) is 0 Å². The Labute approximate surface area is 209 Å². The summed E-state index contributed by atoms with van der Waals surface area (Å²) in [6.45, 7) is 0. The molecule has 3 rings (SSSR count). The van der Waals surface area contributed by atoms with Gasteiger partial charge >= 0.3 is 23.1 Å². The first kappa shape index (κ1) is 30.3. The van der Waals surface area contributed by atoms with Crippen molar-refractivity contribution in [1.29, 1.82) is 0 Å². The van der Waals surface area contributed by atoms with Crippen LogP contribution in [0.5, 0.6) is 0 Å². The molecule has 0 bridgehead atoms. The zero-order valence-corrected chi connectivity index (χ0v) is 19.8. The summed E-state index contributed by atoms with van der Waals surface area (Å²) in [6, 6.07) is -1.63. The third-order valence-corrected chi connectivity index (χ3v) is 7.89. The summed E-state index contributed by atoms with van der Waals surface area (Å²) < 4.78 is 168. The van der Waals surface area contributed by atoms with Crippen molar-refractivity contribution in [1.82, 2.24) is 0 Å². The van der Waals surface area contributed by atoms with Gasteiger partial charge in [-0.25, -0.2) is 52.7 Å². The summed E-state index contributed by atoms with van der Waals surface area (Å²) in [6.07, 6.45) is 0. The molecule has 0 radical (unpaired) electrons. The minimum absolute atomic E-state index is 0. The molecule has 0 amide bonds. The minimum atomic E-state index is -7.03. The van der Waals surface area contributed by atoms with Crippen molar-refractivity contribution in [3.63, 3.8) is 0 Å². The zero-order chi connectivity index (χ0) is 24.3. The molecule has 0 heterocycles. The molecule has 0 aliphatic carbocycles. The molecule has 178 valence electrons. The molecule has 0 fully saturated rings. The molecule has 3 aromatic carbocycles. The van der Waals surface area contributed by atoms with Crippen LogP contribution in [-0.4, -0.2) is 31.4 Å². The molecule has 0 N–H and O–H groups in total. The van der Waals surface area contributed by atoms with Crippen molar-refractivity contribution in [2.75, 3.05) is 0 Å². The Morgan fingerprint density at radius 3 is 0.824 bits per heavy atom. The SMILES string of the molecule is [Br-].[Mg+2].[O-][Si](c1c(F)cc(F)c(F)c1F)(c1c(F)cc(F)c(F)c1F)c1c(F)cc(F)c(F)c1F. The van der Waals surface area contributed by atoms with Gasteiger partial charge in [0, 0.05) is 33.8 Å². The van der Waals surface area contributed by atoms with Gasteiger partial charge in [-0.05, 0) is 0 Å². The van der Waals surface area contributed by atoms with Gasteiger partial charge in [-0.1, -0.05) is 0 Å². The Morgan fingerprint density at radius 2 is 0.618 bits per heavy atom. The second-order valence-corrected chi connectivity index (χ2v) is 9.07. The summed E-state index contributed by atoms with van der Waals surface area (Å²) in [4.78, 5) is 13.7. The fourth-order valence-electron chi connectivity index (χ4n) is 3.04. The summed E-state index contributed by atoms with van der Waals surface area (Å²) in [5.74, 6) is -30.7. The standard InChI is InChI=1S/C18H3F12OSi.BrH.Mg/c19-4-1-7(22)16(13(28)10(4)25)32(31,17-8(23)2-5(20)11(26)14(17)29)18-9(24)3-6(21)12(27)15(18)30;;/h1-3H;1H;/q-1;;+2/p-1. The normalized spacial score (nSPS) is 11.2. The predicted octanol–water partition coefficient (Wildman–Crippen LogP) is -0.694. The quantitative estimate of drug-likeness (QED) is 0.129. The van der Waals surface area contributed by atoms with E-state index in [9.17, 15) is 57.5 Å². The van der Waals surface area contributed by atoms with Gasteiger partial charge in [-0.15, -0.1) is 0 Å². The maximum absolute atomic E-state index is 14.4. The fraction of sp³-hybridized carbons (Fsp3) is 0. The van der Waals surface area contributed by atoms with Gasteiger partial charge in [-0.2, -0.15) is 0 Å². The Hall–Kier alpha value is -1.76. The van der Waals surface area contributed by atoms with E-state index in [-0.39, 0.29) is 40.0 Å². The fourth-order valence-corrected chi connectivity index (χ4v) is 6.27. The molecule has 0 aromatic heterocycles. The van der Waals surface area contributed by atoms with E-state index in [2.05, 4.69) is 0 Å². The Kier molecular flexibility index (Phi) is 9.32. The molecule has 0 aliphatic rings. The van der Waals surface area contributed by atoms with E-state index in [0.717, 1.165) is 0 Å². The first-order chi connectivity index (χ1) is 14.7. The number of hydrogen-bond donors (Lipinski definition) is 0. The van der Waals surface area contributed by atoms with Crippen molar-refractivity contribution in [2.24, 2.45) is 0 Å². The van der Waals surface area contributed by atoms with Crippen LogP contribution in [0, 0.1) is 69.8 Å². The van der Waals surface area contributed by atoms with Crippen LogP contribution in [0.4, 0.5) is 52.7 Å². The van der Waals surface area contributed by atoms with Gasteiger partial charge in [0.2, 0.25) is 0 Å². The predicted molar refractivity (Wildman–Crippen MR) is 89.2 cm³/mol. The average Bonchev–Trinajstić information content (AvgIpc) is 2.68. The molecule has 0 saturated carbocycles. The molecule has 1 nitrogen and oxygen atoms in total. The van der Waals surface area contributed by atoms with E-state index in [0.29, 0.717) is 0 Å². The number of halogens is 13. The summed E-state index contributed by atoms with van der Waals surface area (Å²) >= 11 is 0. The van der Waals surface area contributed by atoms with Gasteiger partial charge in [0.05, 0.1) is 8.32 Å². The van der Waals surface area contributed by atoms with Crippen LogP contribution < -0.4 is 37.3 Å². The van der Waals surface area contributed by atoms with Gasteiger partial charge in [-0.3, -0.25) is 0 Å². The zero-order valence-electron chi connectivity index (χ0n) is 15.8. The van der Waals surface area contributed by atoms with E-state index >= 15 is 0 Å². The van der Waals surface area contributed by atoms with Gasteiger partial charge in [0.25, 0.3) is 0 Å². The van der Waals surface area contributed by atoms with E-state index < -0.39 is 112 Å². The summed E-state index contributed by atoms with van der Waals surface area (Å²) in [7, 11) is -7.03. The van der Waals surface area contributed by atoms with Gasteiger partial charge < -0.3 is 21.8 Å². The number of rotatable bonds is 3. The van der Waals surface area contributed by atoms with Crippen LogP contribution in [0.15, 0.2) is 18.2 Å². The Bertz CT molecular complexity index is 1140. The molecule has 0 aliphatic heterocycles. The van der Waals surface area contributed by atoms with Gasteiger partial charge in [0.1, 0.15) is 17.5 Å². The maximum Gasteiger partial charge on any atom is 2.00 e. The van der Waals surface area contributed by atoms with Crippen molar-refractivity contribution in [3.05, 3.63) is 88.0 Å². The summed E-state index contributed by atoms with van der Waals surface area (Å²) in [5, 5.41) is -7.28. The van der Waals surface area contributed by atoms with Crippen LogP contribution in [0.3, 0.4) is 0 Å². The number of benzene rings is 3. The molecule has 0 atom stereocenters. The Balaban J connectivity index is 0.00000289. The monoisotopic (exact) mass is 594 g/mol. The molecule has 3 aromatic rings. The van der Waals surface area contributed by atoms with Gasteiger partial charge in [0.15, 0.2) is 52.4 Å². The largest absolute Gasteiger partial charge is 2.00 e. The molecular weight excluding hydrogens is 592 g/mol. The molecule has 0 spiro atoms. The third-order valence-electron chi connectivity index (χ3n) is 4.40. The molecule has 16 heteroatoms. The van der Waals surface area contributed by atoms with Crippen molar-refractivity contribution in [2.45, 2.75) is 0 Å². The van der Waals surface area contributed by atoms with Crippen LogP contribution >= 0.6 is 0 Å². The van der Waals surface area contributed by atoms with E-state index in [1.54, 1.807) is 0 Å².